The van der Waals surface area contributed by atoms with Gasteiger partial charge in [0.15, 0.2) is 0 Å². The van der Waals surface area contributed by atoms with Gasteiger partial charge in [-0.15, -0.1) is 0 Å². The van der Waals surface area contributed by atoms with Crippen LogP contribution >= 0.6 is 0 Å². The molecule has 0 aliphatic rings. The Bertz CT molecular complexity index is 894. The number of hydrogen-bond donors (Lipinski definition) is 1. The molecule has 0 saturated carbocycles. The second-order valence-corrected chi connectivity index (χ2v) is 5.14. The number of aryl methyl sites for hydroxylation is 2. The lowest BCUT2D eigenvalue weighted by atomic mass is 10.2. The monoisotopic (exact) mass is 327 g/mol. The molecular formula is C16H17N5O3. The minimum Gasteiger partial charge on any atom is -0.480 e. The zero-order valence-corrected chi connectivity index (χ0v) is 13.8. The molecule has 0 atom stereocenters. The number of aromatic nitrogens is 4. The Balaban J connectivity index is 2.26. The fraction of sp³-hybridized carbons (Fsp3) is 0.250. The molecule has 3 heterocycles. The number of fused-ring (bicyclic) bond motifs is 1. The highest BCUT2D eigenvalue weighted by Gasteiger charge is 2.21. The first-order valence-corrected chi connectivity index (χ1v) is 7.21. The maximum Gasteiger partial charge on any atom is 0.229 e. The third-order valence-corrected chi connectivity index (χ3v) is 3.73. The number of hydrogen-bond acceptors (Lipinski definition) is 6. The molecule has 3 aromatic heterocycles. The molecule has 3 aromatic rings. The van der Waals surface area contributed by atoms with E-state index in [0.29, 0.717) is 35.4 Å². The molecule has 0 aliphatic carbocycles. The summed E-state index contributed by atoms with van der Waals surface area (Å²) in [7, 11) is 5.02. The van der Waals surface area contributed by atoms with Gasteiger partial charge in [0, 0.05) is 12.4 Å². The van der Waals surface area contributed by atoms with Crippen LogP contribution in [0.5, 0.6) is 11.8 Å². The number of methoxy groups -OCH3 is 2. The van der Waals surface area contributed by atoms with Gasteiger partial charge in [0.25, 0.3) is 0 Å². The van der Waals surface area contributed by atoms with Crippen molar-refractivity contribution in [2.45, 2.75) is 6.92 Å². The molecule has 1 amide bonds. The summed E-state index contributed by atoms with van der Waals surface area (Å²) >= 11 is 0. The van der Waals surface area contributed by atoms with Gasteiger partial charge in [-0.2, -0.15) is 9.97 Å². The van der Waals surface area contributed by atoms with E-state index < -0.39 is 0 Å². The molecule has 0 aliphatic heterocycles. The number of anilines is 1. The number of carbonyl (C=O) groups excluding carboxylic acids is 1. The number of nitrogens with zero attached hydrogens (tertiary/aromatic N) is 4. The summed E-state index contributed by atoms with van der Waals surface area (Å²) in [4.78, 5) is 23.5. The van der Waals surface area contributed by atoms with Gasteiger partial charge in [-0.25, -0.2) is 4.98 Å². The molecule has 0 saturated heterocycles. The molecule has 0 spiro atoms. The van der Waals surface area contributed by atoms with Crippen LogP contribution in [0, 0.1) is 6.92 Å². The average molecular weight is 327 g/mol. The molecular weight excluding hydrogens is 310 g/mol. The topological polar surface area (TPSA) is 91.2 Å². The van der Waals surface area contributed by atoms with Crippen molar-refractivity contribution in [2.75, 3.05) is 19.5 Å². The van der Waals surface area contributed by atoms with E-state index in [1.807, 2.05) is 17.7 Å². The molecule has 0 bridgehead atoms. The highest BCUT2D eigenvalue weighted by Crippen LogP contribution is 2.38. The van der Waals surface area contributed by atoms with Crippen LogP contribution in [0.1, 0.15) is 5.82 Å². The quantitative estimate of drug-likeness (QED) is 0.720. The van der Waals surface area contributed by atoms with Crippen LogP contribution in [0.2, 0.25) is 0 Å². The summed E-state index contributed by atoms with van der Waals surface area (Å²) < 4.78 is 12.8. The molecule has 1 N–H and O–H groups in total. The number of carbonyl (C=O) groups is 1. The smallest absolute Gasteiger partial charge is 0.229 e. The van der Waals surface area contributed by atoms with Crippen LogP contribution in [0.4, 0.5) is 5.82 Å². The minimum absolute atomic E-state index is 0.435. The van der Waals surface area contributed by atoms with Crippen LogP contribution in [-0.2, 0) is 11.8 Å². The van der Waals surface area contributed by atoms with Gasteiger partial charge in [-0.1, -0.05) is 0 Å². The second kappa shape index (κ2) is 6.15. The zero-order valence-electron chi connectivity index (χ0n) is 13.8. The fourth-order valence-electron chi connectivity index (χ4n) is 2.65. The Kier molecular flexibility index (Phi) is 4.03. The number of ether oxygens (including phenoxy) is 2. The second-order valence-electron chi connectivity index (χ2n) is 5.14. The van der Waals surface area contributed by atoms with Gasteiger partial charge in [0.1, 0.15) is 17.2 Å². The van der Waals surface area contributed by atoms with Gasteiger partial charge in [-0.3, -0.25) is 4.79 Å². The maximum atomic E-state index is 10.6. The van der Waals surface area contributed by atoms with Gasteiger partial charge in [0.05, 0.1) is 31.6 Å². The lowest BCUT2D eigenvalue weighted by molar-refractivity contribution is -0.105. The Morgan fingerprint density at radius 3 is 2.42 bits per heavy atom. The van der Waals surface area contributed by atoms with E-state index in [4.69, 9.17) is 9.47 Å². The Labute approximate surface area is 138 Å². The minimum atomic E-state index is 0.435. The number of pyridine rings is 1. The lowest BCUT2D eigenvalue weighted by Crippen LogP contribution is -2.03. The molecule has 0 radical (unpaired) electrons. The van der Waals surface area contributed by atoms with Crippen molar-refractivity contribution in [1.29, 1.82) is 0 Å². The molecule has 24 heavy (non-hydrogen) atoms. The summed E-state index contributed by atoms with van der Waals surface area (Å²) in [5.74, 6) is 1.91. The van der Waals surface area contributed by atoms with Crippen molar-refractivity contribution in [2.24, 2.45) is 7.05 Å². The molecule has 8 heteroatoms. The fourth-order valence-corrected chi connectivity index (χ4v) is 2.65. The SMILES string of the molecule is COc1nc(C)nc(OC)c1-c1cc2cc(NC=O)ncc2n1C. The van der Waals surface area contributed by atoms with Crippen molar-refractivity contribution in [3.05, 3.63) is 24.2 Å². The summed E-state index contributed by atoms with van der Waals surface area (Å²) in [5.41, 5.74) is 2.38. The Morgan fingerprint density at radius 1 is 1.17 bits per heavy atom. The van der Waals surface area contributed by atoms with E-state index in [0.717, 1.165) is 16.6 Å². The third kappa shape index (κ3) is 2.51. The van der Waals surface area contributed by atoms with Crippen LogP contribution in [0.15, 0.2) is 18.3 Å². The molecule has 3 rings (SSSR count). The predicted octanol–water partition coefficient (Wildman–Crippen LogP) is 1.92. The number of nitrogens with one attached hydrogen (secondary N) is 1. The van der Waals surface area contributed by atoms with Crippen molar-refractivity contribution in [1.82, 2.24) is 19.5 Å². The largest absolute Gasteiger partial charge is 0.480 e. The summed E-state index contributed by atoms with van der Waals surface area (Å²) in [6.45, 7) is 1.78. The first-order valence-electron chi connectivity index (χ1n) is 7.21. The maximum absolute atomic E-state index is 10.6. The van der Waals surface area contributed by atoms with E-state index in [9.17, 15) is 4.79 Å². The van der Waals surface area contributed by atoms with Crippen molar-refractivity contribution >= 4 is 23.1 Å². The van der Waals surface area contributed by atoms with Crippen molar-refractivity contribution < 1.29 is 14.3 Å². The van der Waals surface area contributed by atoms with E-state index >= 15 is 0 Å². The first-order chi connectivity index (χ1) is 11.6. The van der Waals surface area contributed by atoms with Crippen LogP contribution < -0.4 is 14.8 Å². The van der Waals surface area contributed by atoms with Gasteiger partial charge in [0.2, 0.25) is 18.2 Å². The highest BCUT2D eigenvalue weighted by molar-refractivity contribution is 5.90. The van der Waals surface area contributed by atoms with Gasteiger partial charge in [-0.05, 0) is 19.1 Å². The van der Waals surface area contributed by atoms with Gasteiger partial charge >= 0.3 is 0 Å². The first kappa shape index (κ1) is 15.7. The van der Waals surface area contributed by atoms with Crippen LogP contribution in [0.25, 0.3) is 22.2 Å². The molecule has 8 nitrogen and oxygen atoms in total. The molecule has 124 valence electrons. The van der Waals surface area contributed by atoms with Crippen molar-refractivity contribution in [3.63, 3.8) is 0 Å². The Hall–Kier alpha value is -3.16. The van der Waals surface area contributed by atoms with E-state index in [1.54, 1.807) is 33.4 Å². The lowest BCUT2D eigenvalue weighted by Gasteiger charge is -2.13. The molecule has 0 fully saturated rings. The summed E-state index contributed by atoms with van der Waals surface area (Å²) in [6, 6.07) is 3.74. The zero-order chi connectivity index (χ0) is 17.3. The van der Waals surface area contributed by atoms with Gasteiger partial charge < -0.3 is 19.4 Å². The highest BCUT2D eigenvalue weighted by atomic mass is 16.5. The van der Waals surface area contributed by atoms with E-state index in [2.05, 4.69) is 20.3 Å². The van der Waals surface area contributed by atoms with E-state index in [1.165, 1.54) is 0 Å². The van der Waals surface area contributed by atoms with Crippen LogP contribution in [-0.4, -0.2) is 40.1 Å². The number of amides is 1. The molecule has 0 unspecified atom stereocenters. The third-order valence-electron chi connectivity index (χ3n) is 3.73. The molecule has 0 aromatic carbocycles. The normalized spacial score (nSPS) is 10.7. The summed E-state index contributed by atoms with van der Waals surface area (Å²) in [5, 5.41) is 3.46. The predicted molar refractivity (Wildman–Crippen MR) is 89.3 cm³/mol. The van der Waals surface area contributed by atoms with Crippen molar-refractivity contribution in [3.8, 4) is 23.0 Å². The van der Waals surface area contributed by atoms with Crippen LogP contribution in [0.3, 0.4) is 0 Å². The average Bonchev–Trinajstić information content (AvgIpc) is 2.90. The number of rotatable bonds is 5. The Morgan fingerprint density at radius 2 is 1.83 bits per heavy atom. The van der Waals surface area contributed by atoms with E-state index in [-0.39, 0.29) is 0 Å². The summed E-state index contributed by atoms with van der Waals surface area (Å²) in [6.07, 6.45) is 2.29. The standard InChI is InChI=1S/C16H17N5O3/c1-9-19-15(23-3)14(16(20-9)24-4)11-5-10-6-13(18-8-22)17-7-12(10)21(11)2/h5-8H,1-4H3,(H,17,18,22).